The van der Waals surface area contributed by atoms with Crippen molar-refractivity contribution in [1.29, 1.82) is 0 Å². The summed E-state index contributed by atoms with van der Waals surface area (Å²) >= 11 is 7.80. The smallest absolute Gasteiger partial charge is 0.232 e. The van der Waals surface area contributed by atoms with Gasteiger partial charge in [-0.15, -0.1) is 0 Å². The van der Waals surface area contributed by atoms with Gasteiger partial charge in [0, 0.05) is 19.2 Å². The van der Waals surface area contributed by atoms with E-state index in [0.717, 1.165) is 25.9 Å². The molecule has 2 rings (SSSR count). The highest BCUT2D eigenvalue weighted by Crippen LogP contribution is 2.27. The Morgan fingerprint density at radius 2 is 2.17 bits per heavy atom. The Labute approximate surface area is 117 Å². The molecule has 0 N–H and O–H groups in total. The van der Waals surface area contributed by atoms with Gasteiger partial charge in [0.2, 0.25) is 5.88 Å². The molecule has 2 heterocycles. The molecular formula is C12H17ClN2O2S. The Kier molecular flexibility index (Phi) is 4.97. The van der Waals surface area contributed by atoms with E-state index in [4.69, 9.17) is 21.1 Å². The summed E-state index contributed by atoms with van der Waals surface area (Å²) < 4.78 is 13.2. The molecule has 1 fully saturated rings. The van der Waals surface area contributed by atoms with Crippen LogP contribution in [-0.4, -0.2) is 41.8 Å². The van der Waals surface area contributed by atoms with E-state index in [1.54, 1.807) is 31.3 Å². The monoisotopic (exact) mass is 288 g/mol. The average Bonchev–Trinajstić information content (AvgIpc) is 2.40. The number of rotatable bonds is 4. The third kappa shape index (κ3) is 3.43. The Morgan fingerprint density at radius 1 is 1.44 bits per heavy atom. The Bertz CT molecular complexity index is 398. The maximum absolute atomic E-state index is 6.01. The van der Waals surface area contributed by atoms with Crippen LogP contribution in [-0.2, 0) is 0 Å². The van der Waals surface area contributed by atoms with Crippen molar-refractivity contribution < 1.29 is 9.47 Å². The number of halogens is 1. The summed E-state index contributed by atoms with van der Waals surface area (Å²) in [5, 5.41) is 0.483. The first-order valence-electron chi connectivity index (χ1n) is 5.88. The van der Waals surface area contributed by atoms with Crippen LogP contribution < -0.4 is 9.47 Å². The Morgan fingerprint density at radius 3 is 2.72 bits per heavy atom. The van der Waals surface area contributed by atoms with Crippen LogP contribution in [0.15, 0.2) is 12.3 Å². The molecule has 4 nitrogen and oxygen atoms in total. The fraction of sp³-hybridized carbons (Fsp3) is 0.583. The lowest BCUT2D eigenvalue weighted by Gasteiger charge is -2.30. The summed E-state index contributed by atoms with van der Waals surface area (Å²) in [7, 11) is 1.55. The van der Waals surface area contributed by atoms with Gasteiger partial charge in [-0.25, -0.2) is 4.98 Å². The fourth-order valence-electron chi connectivity index (χ4n) is 1.95. The van der Waals surface area contributed by atoms with Gasteiger partial charge in [-0.1, -0.05) is 23.5 Å². The van der Waals surface area contributed by atoms with Crippen molar-refractivity contribution in [2.75, 3.05) is 26.5 Å². The molecular weight excluding hydrogens is 272 g/mol. The van der Waals surface area contributed by atoms with E-state index in [1.807, 2.05) is 0 Å². The second-order valence-corrected chi connectivity index (χ2v) is 5.38. The van der Waals surface area contributed by atoms with E-state index < -0.39 is 0 Å². The minimum absolute atomic E-state index is 0.250. The quantitative estimate of drug-likeness (QED) is 0.796. The van der Waals surface area contributed by atoms with Crippen molar-refractivity contribution in [2.45, 2.75) is 18.9 Å². The summed E-state index contributed by atoms with van der Waals surface area (Å²) in [6, 6.07) is 1.76. The molecule has 0 spiro atoms. The maximum atomic E-state index is 6.01. The van der Waals surface area contributed by atoms with Crippen LogP contribution in [0.2, 0.25) is 5.02 Å². The summed E-state index contributed by atoms with van der Waals surface area (Å²) in [6.45, 7) is 2.12. The molecule has 1 saturated heterocycles. The minimum Gasteiger partial charge on any atom is -0.489 e. The molecule has 6 heteroatoms. The van der Waals surface area contributed by atoms with Gasteiger partial charge < -0.3 is 9.47 Å². The van der Waals surface area contributed by atoms with Crippen LogP contribution >= 0.6 is 23.5 Å². The van der Waals surface area contributed by atoms with Crippen molar-refractivity contribution in [3.63, 3.8) is 0 Å². The van der Waals surface area contributed by atoms with E-state index in [9.17, 15) is 0 Å². The standard InChI is InChI=1S/C12H17ClN2O2S/c1-16-12-11(13)7-10(8-14-12)17-9-3-5-15(18-2)6-4-9/h7-9H,3-6H2,1-2H3. The van der Waals surface area contributed by atoms with Crippen LogP contribution in [0.1, 0.15) is 12.8 Å². The highest BCUT2D eigenvalue weighted by atomic mass is 35.5. The molecule has 0 unspecified atom stereocenters. The molecule has 18 heavy (non-hydrogen) atoms. The third-order valence-corrected chi connectivity index (χ3v) is 4.09. The zero-order chi connectivity index (χ0) is 13.0. The molecule has 0 atom stereocenters. The lowest BCUT2D eigenvalue weighted by molar-refractivity contribution is 0.138. The molecule has 1 aromatic rings. The molecule has 1 aliphatic heterocycles. The summed E-state index contributed by atoms with van der Waals surface area (Å²) in [4.78, 5) is 4.10. The van der Waals surface area contributed by atoms with Crippen LogP contribution in [0.4, 0.5) is 0 Å². The Hall–Kier alpha value is -0.650. The SMILES string of the molecule is COc1ncc(OC2CCN(SC)CC2)cc1Cl. The molecule has 1 aromatic heterocycles. The predicted octanol–water partition coefficient (Wildman–Crippen LogP) is 2.86. The van der Waals surface area contributed by atoms with Gasteiger partial charge in [0.25, 0.3) is 0 Å². The molecule has 0 saturated carbocycles. The van der Waals surface area contributed by atoms with E-state index in [0.29, 0.717) is 16.7 Å². The average molecular weight is 289 g/mol. The van der Waals surface area contributed by atoms with Gasteiger partial charge in [0.1, 0.15) is 16.9 Å². The summed E-state index contributed by atoms with van der Waals surface area (Å²) in [6.07, 6.45) is 6.08. The molecule has 0 bridgehead atoms. The van der Waals surface area contributed by atoms with Crippen molar-refractivity contribution in [1.82, 2.24) is 9.29 Å². The van der Waals surface area contributed by atoms with Crippen LogP contribution in [0, 0.1) is 0 Å². The molecule has 100 valence electrons. The largest absolute Gasteiger partial charge is 0.489 e. The van der Waals surface area contributed by atoms with Gasteiger partial charge >= 0.3 is 0 Å². The lowest BCUT2D eigenvalue weighted by atomic mass is 10.1. The van der Waals surface area contributed by atoms with E-state index >= 15 is 0 Å². The van der Waals surface area contributed by atoms with Crippen molar-refractivity contribution in [3.8, 4) is 11.6 Å². The highest BCUT2D eigenvalue weighted by Gasteiger charge is 2.20. The van der Waals surface area contributed by atoms with E-state index in [1.165, 1.54) is 0 Å². The number of piperidine rings is 1. The highest BCUT2D eigenvalue weighted by molar-refractivity contribution is 7.96. The molecule has 0 radical (unpaired) electrons. The second kappa shape index (κ2) is 6.50. The Balaban J connectivity index is 1.92. The van der Waals surface area contributed by atoms with Crippen molar-refractivity contribution in [2.24, 2.45) is 0 Å². The van der Waals surface area contributed by atoms with Crippen molar-refractivity contribution >= 4 is 23.5 Å². The lowest BCUT2D eigenvalue weighted by Crippen LogP contribution is -2.34. The molecule has 0 aromatic carbocycles. The first-order valence-corrected chi connectivity index (χ1v) is 7.44. The predicted molar refractivity (Wildman–Crippen MR) is 74.5 cm³/mol. The second-order valence-electron chi connectivity index (χ2n) is 4.09. The van der Waals surface area contributed by atoms with Gasteiger partial charge in [-0.05, 0) is 19.1 Å². The summed E-state index contributed by atoms with van der Waals surface area (Å²) in [5.74, 6) is 1.14. The van der Waals surface area contributed by atoms with Gasteiger partial charge in [-0.2, -0.15) is 0 Å². The van der Waals surface area contributed by atoms with Gasteiger partial charge in [-0.3, -0.25) is 4.31 Å². The number of methoxy groups -OCH3 is 1. The number of hydrogen-bond acceptors (Lipinski definition) is 5. The topological polar surface area (TPSA) is 34.6 Å². The van der Waals surface area contributed by atoms with Gasteiger partial charge in [0.15, 0.2) is 0 Å². The molecule has 1 aliphatic rings. The number of nitrogens with zero attached hydrogens (tertiary/aromatic N) is 2. The molecule has 0 aliphatic carbocycles. The fourth-order valence-corrected chi connectivity index (χ4v) is 2.76. The summed E-state index contributed by atoms with van der Waals surface area (Å²) in [5.41, 5.74) is 0. The minimum atomic E-state index is 0.250. The first kappa shape index (κ1) is 13.8. The van der Waals surface area contributed by atoms with Crippen LogP contribution in [0.5, 0.6) is 11.6 Å². The molecule has 0 amide bonds. The van der Waals surface area contributed by atoms with Crippen LogP contribution in [0.25, 0.3) is 0 Å². The number of pyridine rings is 1. The normalized spacial score (nSPS) is 17.7. The zero-order valence-electron chi connectivity index (χ0n) is 10.6. The number of aromatic nitrogens is 1. The van der Waals surface area contributed by atoms with Gasteiger partial charge in [0.05, 0.1) is 13.3 Å². The van der Waals surface area contributed by atoms with E-state index in [2.05, 4.69) is 15.5 Å². The first-order chi connectivity index (χ1) is 8.72. The zero-order valence-corrected chi connectivity index (χ0v) is 12.1. The van der Waals surface area contributed by atoms with Crippen LogP contribution in [0.3, 0.4) is 0 Å². The third-order valence-electron chi connectivity index (χ3n) is 2.94. The number of hydrogen-bond donors (Lipinski definition) is 0. The number of ether oxygens (including phenoxy) is 2. The maximum Gasteiger partial charge on any atom is 0.232 e. The van der Waals surface area contributed by atoms with E-state index in [-0.39, 0.29) is 6.10 Å². The van der Waals surface area contributed by atoms with Crippen molar-refractivity contribution in [3.05, 3.63) is 17.3 Å².